The first kappa shape index (κ1) is 16.5. The van der Waals surface area contributed by atoms with Crippen molar-refractivity contribution in [2.75, 3.05) is 13.1 Å². The monoisotopic (exact) mass is 364 g/mol. The highest BCUT2D eigenvalue weighted by atomic mass is 35.5. The minimum Gasteiger partial charge on any atom is -0.300 e. The van der Waals surface area contributed by atoms with Crippen LogP contribution < -0.4 is 0 Å². The zero-order chi connectivity index (χ0) is 17.5. The third-order valence-electron chi connectivity index (χ3n) is 6.47. The molecule has 1 aliphatic heterocycles. The van der Waals surface area contributed by atoms with Gasteiger partial charge in [-0.1, -0.05) is 35.7 Å². The normalized spacial score (nSPS) is 21.0. The molecule has 2 nitrogen and oxygen atoms in total. The molecule has 2 heterocycles. The quantitative estimate of drug-likeness (QED) is 0.684. The number of likely N-dealkylation sites (tertiary alicyclic amines) is 1. The Hall–Kier alpha value is -1.64. The van der Waals surface area contributed by atoms with Gasteiger partial charge in [-0.15, -0.1) is 0 Å². The number of hydrogen-bond acceptors (Lipinski definition) is 2. The molecule has 3 aliphatic rings. The molecule has 2 aromatic rings. The number of hydrogen-bond donors (Lipinski definition) is 0. The van der Waals surface area contributed by atoms with Crippen LogP contribution in [-0.2, 0) is 12.8 Å². The number of aromatic nitrogens is 1. The molecule has 1 saturated heterocycles. The minimum atomic E-state index is 0.840. The zero-order valence-electron chi connectivity index (χ0n) is 15.2. The van der Waals surface area contributed by atoms with E-state index in [0.29, 0.717) is 0 Å². The summed E-state index contributed by atoms with van der Waals surface area (Å²) in [5.41, 5.74) is 8.31. The molecule has 2 fully saturated rings. The maximum absolute atomic E-state index is 6.31. The fourth-order valence-corrected chi connectivity index (χ4v) is 4.99. The van der Waals surface area contributed by atoms with Crippen LogP contribution in [0.15, 0.2) is 42.1 Å². The van der Waals surface area contributed by atoms with Crippen molar-refractivity contribution < 1.29 is 0 Å². The fraction of sp³-hybridized carbons (Fsp3) is 0.435. The second-order valence-electron chi connectivity index (χ2n) is 7.91. The van der Waals surface area contributed by atoms with E-state index in [1.54, 1.807) is 5.57 Å². The summed E-state index contributed by atoms with van der Waals surface area (Å²) in [7, 11) is 0. The van der Waals surface area contributed by atoms with Crippen molar-refractivity contribution >= 4 is 17.2 Å². The average Bonchev–Trinajstić information content (AvgIpc) is 2.78. The van der Waals surface area contributed by atoms with Gasteiger partial charge in [0.25, 0.3) is 0 Å². The Balaban J connectivity index is 1.58. The summed E-state index contributed by atoms with van der Waals surface area (Å²) in [6.07, 6.45) is 10.6. The number of aryl methyl sites for hydroxylation is 2. The van der Waals surface area contributed by atoms with E-state index in [1.165, 1.54) is 73.2 Å². The maximum atomic E-state index is 6.31. The van der Waals surface area contributed by atoms with E-state index >= 15 is 0 Å². The molecule has 0 bridgehead atoms. The van der Waals surface area contributed by atoms with Crippen LogP contribution in [0.4, 0.5) is 0 Å². The van der Waals surface area contributed by atoms with Crippen LogP contribution in [0, 0.1) is 0 Å². The van der Waals surface area contributed by atoms with Gasteiger partial charge < -0.3 is 0 Å². The molecule has 0 atom stereocenters. The van der Waals surface area contributed by atoms with Gasteiger partial charge in [0.2, 0.25) is 0 Å². The Morgan fingerprint density at radius 1 is 0.962 bits per heavy atom. The molecule has 134 valence electrons. The molecule has 0 spiro atoms. The third kappa shape index (κ3) is 2.90. The summed E-state index contributed by atoms with van der Waals surface area (Å²) >= 11 is 6.31. The number of rotatable bonds is 1. The Kier molecular flexibility index (Phi) is 4.34. The summed E-state index contributed by atoms with van der Waals surface area (Å²) in [6, 6.07) is 11.6. The van der Waals surface area contributed by atoms with Crippen molar-refractivity contribution in [1.29, 1.82) is 0 Å². The summed E-state index contributed by atoms with van der Waals surface area (Å²) in [5.74, 6) is 0. The Morgan fingerprint density at radius 2 is 1.77 bits per heavy atom. The van der Waals surface area contributed by atoms with Gasteiger partial charge in [-0.05, 0) is 73.4 Å². The molecule has 0 unspecified atom stereocenters. The smallest absolute Gasteiger partial charge is 0.0739 e. The van der Waals surface area contributed by atoms with E-state index in [2.05, 4.69) is 29.2 Å². The van der Waals surface area contributed by atoms with Crippen molar-refractivity contribution in [2.24, 2.45) is 0 Å². The maximum Gasteiger partial charge on any atom is 0.0739 e. The molecule has 1 aromatic heterocycles. The van der Waals surface area contributed by atoms with Crippen LogP contribution in [0.25, 0.3) is 5.57 Å². The first-order valence-electron chi connectivity index (χ1n) is 9.99. The van der Waals surface area contributed by atoms with Gasteiger partial charge in [0.05, 0.1) is 5.69 Å². The van der Waals surface area contributed by atoms with Crippen LogP contribution >= 0.6 is 11.6 Å². The molecule has 0 N–H and O–H groups in total. The van der Waals surface area contributed by atoms with Gasteiger partial charge in [0.15, 0.2) is 0 Å². The molecule has 3 heteroatoms. The van der Waals surface area contributed by atoms with Crippen LogP contribution in [-0.4, -0.2) is 29.0 Å². The molecular weight excluding hydrogens is 340 g/mol. The lowest BCUT2D eigenvalue weighted by Gasteiger charge is -2.40. The highest BCUT2D eigenvalue weighted by Gasteiger charge is 2.29. The molecule has 1 saturated carbocycles. The minimum absolute atomic E-state index is 0.840. The van der Waals surface area contributed by atoms with E-state index in [0.717, 1.165) is 23.9 Å². The van der Waals surface area contributed by atoms with Gasteiger partial charge in [0.1, 0.15) is 0 Å². The van der Waals surface area contributed by atoms with Gasteiger partial charge in [-0.25, -0.2) is 0 Å². The van der Waals surface area contributed by atoms with E-state index in [-0.39, 0.29) is 0 Å². The lowest BCUT2D eigenvalue weighted by molar-refractivity contribution is 0.118. The van der Waals surface area contributed by atoms with Crippen molar-refractivity contribution in [3.8, 4) is 0 Å². The molecule has 0 radical (unpaired) electrons. The number of nitrogens with zero attached hydrogens (tertiary/aromatic N) is 2. The molecule has 26 heavy (non-hydrogen) atoms. The standard InChI is InChI=1S/C23H25ClN2/c24-19-8-9-21-18(15-19)7-6-17-3-2-12-25-23(17)22(21)16-10-13-26(14-11-16)20-4-1-5-20/h2-3,8-9,12,15,20H,1,4-7,10-11,13-14H2. The first-order valence-corrected chi connectivity index (χ1v) is 10.4. The highest BCUT2D eigenvalue weighted by molar-refractivity contribution is 6.30. The van der Waals surface area contributed by atoms with Gasteiger partial charge in [0, 0.05) is 35.9 Å². The largest absolute Gasteiger partial charge is 0.300 e. The number of benzene rings is 1. The van der Waals surface area contributed by atoms with E-state index < -0.39 is 0 Å². The van der Waals surface area contributed by atoms with E-state index in [9.17, 15) is 0 Å². The van der Waals surface area contributed by atoms with Crippen molar-refractivity contribution in [3.05, 3.63) is 69.5 Å². The number of halogens is 1. The third-order valence-corrected chi connectivity index (χ3v) is 6.71. The predicted octanol–water partition coefficient (Wildman–Crippen LogP) is 5.28. The van der Waals surface area contributed by atoms with E-state index in [1.807, 2.05) is 12.3 Å². The SMILES string of the molecule is Clc1ccc2c(c1)CCc1cccnc1C2=C1CCN(C2CCC2)CC1. The van der Waals surface area contributed by atoms with Crippen LogP contribution in [0.5, 0.6) is 0 Å². The van der Waals surface area contributed by atoms with Crippen LogP contribution in [0.2, 0.25) is 5.02 Å². The Morgan fingerprint density at radius 3 is 2.54 bits per heavy atom. The number of fused-ring (bicyclic) bond motifs is 2. The summed E-state index contributed by atoms with van der Waals surface area (Å²) in [4.78, 5) is 7.55. The van der Waals surface area contributed by atoms with Crippen molar-refractivity contribution in [3.63, 3.8) is 0 Å². The topological polar surface area (TPSA) is 16.1 Å². The summed E-state index contributed by atoms with van der Waals surface area (Å²) in [5, 5.41) is 0.840. The van der Waals surface area contributed by atoms with Gasteiger partial charge in [-0.2, -0.15) is 0 Å². The Bertz CT molecular complexity index is 856. The van der Waals surface area contributed by atoms with Crippen molar-refractivity contribution in [2.45, 2.75) is 51.0 Å². The first-order chi connectivity index (χ1) is 12.8. The lowest BCUT2D eigenvalue weighted by atomic mass is 9.86. The lowest BCUT2D eigenvalue weighted by Crippen LogP contribution is -2.43. The van der Waals surface area contributed by atoms with Crippen LogP contribution in [0.3, 0.4) is 0 Å². The van der Waals surface area contributed by atoms with E-state index in [4.69, 9.17) is 16.6 Å². The second-order valence-corrected chi connectivity index (χ2v) is 8.35. The molecule has 2 aliphatic carbocycles. The van der Waals surface area contributed by atoms with Gasteiger partial charge in [-0.3, -0.25) is 9.88 Å². The second kappa shape index (κ2) is 6.83. The summed E-state index contributed by atoms with van der Waals surface area (Å²) in [6.45, 7) is 2.41. The van der Waals surface area contributed by atoms with Crippen molar-refractivity contribution in [1.82, 2.24) is 9.88 Å². The molecule has 5 rings (SSSR count). The number of piperidine rings is 1. The molecular formula is C23H25ClN2. The predicted molar refractivity (Wildman–Crippen MR) is 108 cm³/mol. The van der Waals surface area contributed by atoms with Gasteiger partial charge >= 0.3 is 0 Å². The molecule has 1 aromatic carbocycles. The zero-order valence-corrected chi connectivity index (χ0v) is 15.9. The highest BCUT2D eigenvalue weighted by Crippen LogP contribution is 2.39. The summed E-state index contributed by atoms with van der Waals surface area (Å²) < 4.78 is 0. The van der Waals surface area contributed by atoms with Crippen LogP contribution in [0.1, 0.15) is 54.5 Å². The average molecular weight is 365 g/mol. The molecule has 0 amide bonds. The fourth-order valence-electron chi connectivity index (χ4n) is 4.79. The Labute approximate surface area is 160 Å². The number of pyridine rings is 1.